The number of esters is 1. The number of carbonyl (C=O) groups excluding carboxylic acids is 2. The zero-order valence-electron chi connectivity index (χ0n) is 12.0. The van der Waals surface area contributed by atoms with Gasteiger partial charge in [-0.1, -0.05) is 0 Å². The average Bonchev–Trinajstić information content (AvgIpc) is 2.73. The second kappa shape index (κ2) is 7.12. The average molecular weight is 290 g/mol. The molecule has 116 valence electrons. The van der Waals surface area contributed by atoms with Crippen LogP contribution in [0.1, 0.15) is 33.1 Å². The lowest BCUT2D eigenvalue weighted by molar-refractivity contribution is -0.148. The lowest BCUT2D eigenvalue weighted by Gasteiger charge is -2.21. The summed E-state index contributed by atoms with van der Waals surface area (Å²) < 4.78 is 15.2. The summed E-state index contributed by atoms with van der Waals surface area (Å²) in [5, 5.41) is 19.5. The Morgan fingerprint density at radius 3 is 2.50 bits per heavy atom. The van der Waals surface area contributed by atoms with Crippen molar-refractivity contribution < 1.29 is 34.0 Å². The molecule has 0 spiro atoms. The van der Waals surface area contributed by atoms with E-state index in [0.29, 0.717) is 6.61 Å². The Bertz CT molecular complexity index is 353. The summed E-state index contributed by atoms with van der Waals surface area (Å²) in [5.41, 5.74) is 0. The fourth-order valence-electron chi connectivity index (χ4n) is 1.97. The highest BCUT2D eigenvalue weighted by Gasteiger charge is 2.36. The van der Waals surface area contributed by atoms with Gasteiger partial charge in [-0.15, -0.1) is 0 Å². The van der Waals surface area contributed by atoms with Crippen LogP contribution in [0.5, 0.6) is 0 Å². The third-order valence-corrected chi connectivity index (χ3v) is 3.07. The first kappa shape index (κ1) is 17.0. The Morgan fingerprint density at radius 1 is 1.35 bits per heavy atom. The Labute approximate surface area is 117 Å². The Hall–Kier alpha value is -1.02. The number of hydrogen-bond donors (Lipinski definition) is 2. The van der Waals surface area contributed by atoms with Crippen LogP contribution in [-0.2, 0) is 23.8 Å². The molecule has 1 heterocycles. The number of ketones is 1. The molecule has 20 heavy (non-hydrogen) atoms. The van der Waals surface area contributed by atoms with Crippen LogP contribution < -0.4 is 0 Å². The van der Waals surface area contributed by atoms with Gasteiger partial charge in [0.05, 0.1) is 32.3 Å². The van der Waals surface area contributed by atoms with E-state index in [1.807, 2.05) is 0 Å². The van der Waals surface area contributed by atoms with Crippen LogP contribution in [0, 0.1) is 0 Å². The van der Waals surface area contributed by atoms with Crippen molar-refractivity contribution in [2.75, 3.05) is 13.7 Å². The number of ether oxygens (including phenoxy) is 3. The first-order valence-electron chi connectivity index (χ1n) is 6.52. The van der Waals surface area contributed by atoms with E-state index in [4.69, 9.17) is 9.47 Å². The standard InChI is InChI=1S/C13H22O7/c1-13(2)19-7-8(20-13)6-10(15)12(17)9(14)4-5-11(16)18-3/h8,10,12,15,17H,4-7H2,1-3H3/t8-,10-,12-/m1/s1. The highest BCUT2D eigenvalue weighted by atomic mass is 16.7. The number of Topliss-reactive ketones (excluding diaryl/α,β-unsaturated/α-hetero) is 1. The zero-order chi connectivity index (χ0) is 15.3. The largest absolute Gasteiger partial charge is 0.469 e. The lowest BCUT2D eigenvalue weighted by atomic mass is 10.0. The Kier molecular flexibility index (Phi) is 6.07. The van der Waals surface area contributed by atoms with Crippen molar-refractivity contribution in [2.45, 2.75) is 57.2 Å². The summed E-state index contributed by atoms with van der Waals surface area (Å²) in [5.74, 6) is -1.85. The molecule has 0 radical (unpaired) electrons. The maximum absolute atomic E-state index is 11.6. The highest BCUT2D eigenvalue weighted by Crippen LogP contribution is 2.25. The van der Waals surface area contributed by atoms with Crippen LogP contribution in [-0.4, -0.2) is 59.8 Å². The van der Waals surface area contributed by atoms with Crippen LogP contribution in [0.25, 0.3) is 0 Å². The predicted octanol–water partition coefficient (Wildman–Crippen LogP) is -0.228. The second-order valence-electron chi connectivity index (χ2n) is 5.24. The molecule has 0 amide bonds. The molecule has 0 aliphatic carbocycles. The molecule has 0 aromatic rings. The molecule has 0 unspecified atom stereocenters. The van der Waals surface area contributed by atoms with Gasteiger partial charge in [-0.25, -0.2) is 0 Å². The molecule has 0 saturated carbocycles. The van der Waals surface area contributed by atoms with Gasteiger partial charge in [0.1, 0.15) is 6.10 Å². The maximum atomic E-state index is 11.6. The van der Waals surface area contributed by atoms with Gasteiger partial charge in [-0.05, 0) is 13.8 Å². The lowest BCUT2D eigenvalue weighted by Crippen LogP contribution is -2.37. The topological polar surface area (TPSA) is 102 Å². The van der Waals surface area contributed by atoms with Gasteiger partial charge < -0.3 is 24.4 Å². The minimum absolute atomic E-state index is 0.0918. The zero-order valence-corrected chi connectivity index (χ0v) is 12.0. The fourth-order valence-corrected chi connectivity index (χ4v) is 1.97. The van der Waals surface area contributed by atoms with E-state index >= 15 is 0 Å². The van der Waals surface area contributed by atoms with Crippen molar-refractivity contribution in [1.82, 2.24) is 0 Å². The number of aliphatic hydroxyl groups excluding tert-OH is 2. The SMILES string of the molecule is COC(=O)CCC(=O)[C@@H](O)[C@H](O)C[C@@H]1COC(C)(C)O1. The van der Waals surface area contributed by atoms with Gasteiger partial charge in [0.25, 0.3) is 0 Å². The summed E-state index contributed by atoms with van der Waals surface area (Å²) in [4.78, 5) is 22.5. The monoisotopic (exact) mass is 290 g/mol. The van der Waals surface area contributed by atoms with Gasteiger partial charge >= 0.3 is 5.97 Å². The molecule has 2 N–H and O–H groups in total. The summed E-state index contributed by atoms with van der Waals surface area (Å²) in [6, 6.07) is 0. The maximum Gasteiger partial charge on any atom is 0.305 e. The third kappa shape index (κ3) is 5.16. The first-order valence-corrected chi connectivity index (χ1v) is 6.52. The van der Waals surface area contributed by atoms with Crippen molar-refractivity contribution in [1.29, 1.82) is 0 Å². The Balaban J connectivity index is 2.36. The Morgan fingerprint density at radius 2 is 2.00 bits per heavy atom. The minimum atomic E-state index is -1.54. The minimum Gasteiger partial charge on any atom is -0.469 e. The van der Waals surface area contributed by atoms with Gasteiger partial charge in [-0.3, -0.25) is 9.59 Å². The number of methoxy groups -OCH3 is 1. The molecule has 0 aromatic carbocycles. The summed E-state index contributed by atoms with van der Waals surface area (Å²) in [7, 11) is 1.22. The molecule has 1 fully saturated rings. The van der Waals surface area contributed by atoms with Crippen LogP contribution >= 0.6 is 0 Å². The van der Waals surface area contributed by atoms with Crippen molar-refractivity contribution in [3.63, 3.8) is 0 Å². The fraction of sp³-hybridized carbons (Fsp3) is 0.846. The van der Waals surface area contributed by atoms with E-state index in [1.54, 1.807) is 13.8 Å². The third-order valence-electron chi connectivity index (χ3n) is 3.07. The van der Waals surface area contributed by atoms with E-state index in [0.717, 1.165) is 0 Å². The molecular weight excluding hydrogens is 268 g/mol. The van der Waals surface area contributed by atoms with Crippen LogP contribution in [0.3, 0.4) is 0 Å². The second-order valence-corrected chi connectivity index (χ2v) is 5.24. The molecule has 0 aromatic heterocycles. The number of aliphatic hydroxyl groups is 2. The van der Waals surface area contributed by atoms with E-state index in [9.17, 15) is 19.8 Å². The molecule has 1 rings (SSSR count). The van der Waals surface area contributed by atoms with Gasteiger partial charge in [0.2, 0.25) is 0 Å². The molecule has 0 bridgehead atoms. The molecule has 1 aliphatic rings. The first-order chi connectivity index (χ1) is 9.25. The summed E-state index contributed by atoms with van der Waals surface area (Å²) in [6.07, 6.45) is -3.35. The number of rotatable bonds is 7. The summed E-state index contributed by atoms with van der Waals surface area (Å²) in [6.45, 7) is 3.79. The van der Waals surface area contributed by atoms with Crippen molar-refractivity contribution in [3.05, 3.63) is 0 Å². The van der Waals surface area contributed by atoms with Gasteiger partial charge in [-0.2, -0.15) is 0 Å². The number of hydrogen-bond acceptors (Lipinski definition) is 7. The molecule has 7 nitrogen and oxygen atoms in total. The van der Waals surface area contributed by atoms with Crippen LogP contribution in [0.2, 0.25) is 0 Å². The molecule has 1 aliphatic heterocycles. The molecular formula is C13H22O7. The van der Waals surface area contributed by atoms with Crippen molar-refractivity contribution in [2.24, 2.45) is 0 Å². The molecule has 7 heteroatoms. The van der Waals surface area contributed by atoms with E-state index < -0.39 is 29.7 Å². The number of carbonyl (C=O) groups is 2. The highest BCUT2D eigenvalue weighted by molar-refractivity contribution is 5.86. The summed E-state index contributed by atoms with van der Waals surface area (Å²) >= 11 is 0. The van der Waals surface area contributed by atoms with E-state index in [1.165, 1.54) is 7.11 Å². The molecule has 3 atom stereocenters. The van der Waals surface area contributed by atoms with E-state index in [2.05, 4.69) is 4.74 Å². The predicted molar refractivity (Wildman–Crippen MR) is 67.8 cm³/mol. The van der Waals surface area contributed by atoms with Gasteiger partial charge in [0.15, 0.2) is 11.6 Å². The quantitative estimate of drug-likeness (QED) is 0.624. The van der Waals surface area contributed by atoms with Crippen LogP contribution in [0.15, 0.2) is 0 Å². The van der Waals surface area contributed by atoms with Gasteiger partial charge in [0, 0.05) is 12.8 Å². The molecule has 1 saturated heterocycles. The van der Waals surface area contributed by atoms with Crippen molar-refractivity contribution in [3.8, 4) is 0 Å². The van der Waals surface area contributed by atoms with E-state index in [-0.39, 0.29) is 25.4 Å². The smallest absolute Gasteiger partial charge is 0.305 e. The van der Waals surface area contributed by atoms with Crippen LogP contribution in [0.4, 0.5) is 0 Å². The normalized spacial score (nSPS) is 24.1. The van der Waals surface area contributed by atoms with Crippen molar-refractivity contribution >= 4 is 11.8 Å².